The van der Waals surface area contributed by atoms with E-state index in [-0.39, 0.29) is 18.4 Å². The third kappa shape index (κ3) is 3.22. The number of hydrogen-bond acceptors (Lipinski definition) is 4. The van der Waals surface area contributed by atoms with Gasteiger partial charge >= 0.3 is 0 Å². The summed E-state index contributed by atoms with van der Waals surface area (Å²) >= 11 is 0. The van der Waals surface area contributed by atoms with Crippen LogP contribution in [-0.2, 0) is 11.3 Å². The summed E-state index contributed by atoms with van der Waals surface area (Å²) < 4.78 is 1.87. The highest BCUT2D eigenvalue weighted by Gasteiger charge is 2.32. The van der Waals surface area contributed by atoms with Crippen LogP contribution in [0.5, 0.6) is 0 Å². The zero-order valence-corrected chi connectivity index (χ0v) is 14.8. The molecule has 1 aromatic carbocycles. The van der Waals surface area contributed by atoms with Crippen LogP contribution < -0.4 is 0 Å². The van der Waals surface area contributed by atoms with E-state index in [0.29, 0.717) is 5.92 Å². The molecule has 0 saturated carbocycles. The molecule has 1 fully saturated rings. The SMILES string of the molecule is CC(CO)C(=O)N1CC(CCn2cc(-c3ccc4[nH]ccc4c3)nn2)C1. The number of likely N-dealkylation sites (tertiary alicyclic amines) is 1. The summed E-state index contributed by atoms with van der Waals surface area (Å²) in [6.45, 7) is 4.01. The maximum atomic E-state index is 11.9. The second-order valence-corrected chi connectivity index (χ2v) is 7.13. The van der Waals surface area contributed by atoms with Crippen LogP contribution in [-0.4, -0.2) is 55.6 Å². The largest absolute Gasteiger partial charge is 0.396 e. The highest BCUT2D eigenvalue weighted by molar-refractivity contribution is 5.84. The molecule has 1 amide bonds. The number of nitrogens with one attached hydrogen (secondary N) is 1. The predicted octanol–water partition coefficient (Wildman–Crippen LogP) is 1.90. The summed E-state index contributed by atoms with van der Waals surface area (Å²) in [6, 6.07) is 8.25. The molecule has 1 aliphatic rings. The monoisotopic (exact) mass is 353 g/mol. The minimum atomic E-state index is -0.300. The lowest BCUT2D eigenvalue weighted by atomic mass is 9.94. The summed E-state index contributed by atoms with van der Waals surface area (Å²) in [5.41, 5.74) is 3.04. The van der Waals surface area contributed by atoms with Gasteiger partial charge in [0.25, 0.3) is 0 Å². The van der Waals surface area contributed by atoms with E-state index in [1.54, 1.807) is 6.92 Å². The van der Waals surface area contributed by atoms with Crippen LogP contribution in [0.25, 0.3) is 22.2 Å². The Labute approximate surface area is 151 Å². The lowest BCUT2D eigenvalue weighted by molar-refractivity contribution is -0.142. The van der Waals surface area contributed by atoms with E-state index in [1.165, 1.54) is 0 Å². The molecule has 3 aromatic rings. The molecule has 1 atom stereocenters. The Morgan fingerprint density at radius 2 is 2.23 bits per heavy atom. The number of aliphatic hydroxyl groups excluding tert-OH is 1. The van der Waals surface area contributed by atoms with Crippen LogP contribution in [0.15, 0.2) is 36.7 Å². The first-order valence-electron chi connectivity index (χ1n) is 9.01. The molecule has 1 aliphatic heterocycles. The van der Waals surface area contributed by atoms with Crippen LogP contribution in [0.1, 0.15) is 13.3 Å². The van der Waals surface area contributed by atoms with Gasteiger partial charge in [0, 0.05) is 42.3 Å². The number of aliphatic hydroxyl groups is 1. The number of nitrogens with zero attached hydrogens (tertiary/aromatic N) is 4. The number of carbonyl (C=O) groups is 1. The van der Waals surface area contributed by atoms with Crippen molar-refractivity contribution in [3.8, 4) is 11.3 Å². The van der Waals surface area contributed by atoms with Gasteiger partial charge in [-0.15, -0.1) is 5.10 Å². The van der Waals surface area contributed by atoms with Crippen molar-refractivity contribution in [3.63, 3.8) is 0 Å². The van der Waals surface area contributed by atoms with Gasteiger partial charge < -0.3 is 15.0 Å². The summed E-state index contributed by atoms with van der Waals surface area (Å²) in [6.07, 6.45) is 4.87. The molecule has 3 heterocycles. The van der Waals surface area contributed by atoms with Gasteiger partial charge in [-0.2, -0.15) is 0 Å². The second-order valence-electron chi connectivity index (χ2n) is 7.13. The van der Waals surface area contributed by atoms with Crippen LogP contribution in [0.4, 0.5) is 0 Å². The standard InChI is InChI=1S/C19H23N5O2/c1-13(12-25)19(26)23-9-14(10-23)5-7-24-11-18(21-22-24)15-2-3-17-16(8-15)4-6-20-17/h2-4,6,8,11,13-14,20,25H,5,7,9-10,12H2,1H3. The van der Waals surface area contributed by atoms with Crippen LogP contribution >= 0.6 is 0 Å². The number of aryl methyl sites for hydroxylation is 1. The van der Waals surface area contributed by atoms with E-state index in [0.717, 1.165) is 48.2 Å². The highest BCUT2D eigenvalue weighted by Crippen LogP contribution is 2.24. The zero-order valence-electron chi connectivity index (χ0n) is 14.8. The molecule has 7 heteroatoms. The lowest BCUT2D eigenvalue weighted by Gasteiger charge is -2.40. The number of fused-ring (bicyclic) bond motifs is 1. The molecule has 2 N–H and O–H groups in total. The molecule has 0 bridgehead atoms. The highest BCUT2D eigenvalue weighted by atomic mass is 16.3. The molecule has 136 valence electrons. The fourth-order valence-corrected chi connectivity index (χ4v) is 3.39. The molecule has 7 nitrogen and oxygen atoms in total. The molecule has 0 aliphatic carbocycles. The average Bonchev–Trinajstić information content (AvgIpc) is 3.27. The Morgan fingerprint density at radius 3 is 3.04 bits per heavy atom. The van der Waals surface area contributed by atoms with Crippen molar-refractivity contribution in [3.05, 3.63) is 36.7 Å². The summed E-state index contributed by atoms with van der Waals surface area (Å²) in [5.74, 6) is 0.242. The van der Waals surface area contributed by atoms with E-state index in [1.807, 2.05) is 34.1 Å². The van der Waals surface area contributed by atoms with Crippen LogP contribution in [0, 0.1) is 11.8 Å². The predicted molar refractivity (Wildman–Crippen MR) is 98.3 cm³/mol. The Balaban J connectivity index is 1.31. The Hall–Kier alpha value is -2.67. The Morgan fingerprint density at radius 1 is 1.38 bits per heavy atom. The fourth-order valence-electron chi connectivity index (χ4n) is 3.39. The molecular weight excluding hydrogens is 330 g/mol. The summed E-state index contributed by atoms with van der Waals surface area (Å²) in [7, 11) is 0. The topological polar surface area (TPSA) is 87.0 Å². The van der Waals surface area contributed by atoms with Crippen LogP contribution in [0.2, 0.25) is 0 Å². The van der Waals surface area contributed by atoms with Gasteiger partial charge in [0.05, 0.1) is 18.7 Å². The van der Waals surface area contributed by atoms with Gasteiger partial charge in [-0.05, 0) is 30.5 Å². The van der Waals surface area contributed by atoms with Gasteiger partial charge in [-0.3, -0.25) is 9.48 Å². The van der Waals surface area contributed by atoms with Crippen molar-refractivity contribution < 1.29 is 9.90 Å². The van der Waals surface area contributed by atoms with Gasteiger partial charge in [0.2, 0.25) is 5.91 Å². The number of H-pyrrole nitrogens is 1. The molecule has 4 rings (SSSR count). The first-order chi connectivity index (χ1) is 12.6. The van der Waals surface area contributed by atoms with E-state index < -0.39 is 0 Å². The number of aromatic amines is 1. The molecule has 26 heavy (non-hydrogen) atoms. The number of aromatic nitrogens is 4. The fraction of sp³-hybridized carbons (Fsp3) is 0.421. The summed E-state index contributed by atoms with van der Waals surface area (Å²) in [5, 5.41) is 18.7. The van der Waals surface area contributed by atoms with E-state index in [9.17, 15) is 4.79 Å². The summed E-state index contributed by atoms with van der Waals surface area (Å²) in [4.78, 5) is 17.0. The Kier molecular flexibility index (Phi) is 4.46. The number of hydrogen-bond donors (Lipinski definition) is 2. The number of benzene rings is 1. The van der Waals surface area contributed by atoms with Crippen molar-refractivity contribution in [2.75, 3.05) is 19.7 Å². The number of carbonyl (C=O) groups excluding carboxylic acids is 1. The second kappa shape index (κ2) is 6.92. The molecule has 1 unspecified atom stereocenters. The van der Waals surface area contributed by atoms with Gasteiger partial charge in [0.15, 0.2) is 0 Å². The number of rotatable bonds is 6. The van der Waals surface area contributed by atoms with Gasteiger partial charge in [-0.25, -0.2) is 0 Å². The molecule has 0 radical (unpaired) electrons. The first-order valence-corrected chi connectivity index (χ1v) is 9.01. The van der Waals surface area contributed by atoms with Crippen molar-refractivity contribution in [1.82, 2.24) is 24.9 Å². The van der Waals surface area contributed by atoms with Crippen molar-refractivity contribution in [1.29, 1.82) is 0 Å². The minimum absolute atomic E-state index is 0.0481. The Bertz CT molecular complexity index is 909. The van der Waals surface area contributed by atoms with Crippen molar-refractivity contribution in [2.24, 2.45) is 11.8 Å². The maximum absolute atomic E-state index is 11.9. The zero-order chi connectivity index (χ0) is 18.1. The van der Waals surface area contributed by atoms with Crippen molar-refractivity contribution in [2.45, 2.75) is 19.9 Å². The van der Waals surface area contributed by atoms with Gasteiger partial charge in [0.1, 0.15) is 5.69 Å². The smallest absolute Gasteiger partial charge is 0.227 e. The van der Waals surface area contributed by atoms with Gasteiger partial charge in [-0.1, -0.05) is 18.2 Å². The quantitative estimate of drug-likeness (QED) is 0.709. The number of amides is 1. The molecular formula is C19H23N5O2. The van der Waals surface area contributed by atoms with Crippen molar-refractivity contribution >= 4 is 16.8 Å². The molecule has 0 spiro atoms. The van der Waals surface area contributed by atoms with E-state index in [4.69, 9.17) is 5.11 Å². The van der Waals surface area contributed by atoms with Crippen LogP contribution in [0.3, 0.4) is 0 Å². The molecule has 1 saturated heterocycles. The lowest BCUT2D eigenvalue weighted by Crippen LogP contribution is -2.52. The third-order valence-electron chi connectivity index (χ3n) is 5.12. The first kappa shape index (κ1) is 16.8. The maximum Gasteiger partial charge on any atom is 0.227 e. The average molecular weight is 353 g/mol. The minimum Gasteiger partial charge on any atom is -0.396 e. The van der Waals surface area contributed by atoms with E-state index in [2.05, 4.69) is 27.4 Å². The normalized spacial score (nSPS) is 16.0. The molecule has 2 aromatic heterocycles. The third-order valence-corrected chi connectivity index (χ3v) is 5.12. The van der Waals surface area contributed by atoms with E-state index >= 15 is 0 Å².